The van der Waals surface area contributed by atoms with Gasteiger partial charge in [-0.05, 0) is 66.0 Å². The van der Waals surface area contributed by atoms with Gasteiger partial charge in [-0.1, -0.05) is 87.0 Å². The van der Waals surface area contributed by atoms with Gasteiger partial charge in [0.1, 0.15) is 11.9 Å². The van der Waals surface area contributed by atoms with Gasteiger partial charge in [-0.25, -0.2) is 0 Å². The monoisotopic (exact) mass is 573 g/mol. The minimum Gasteiger partial charge on any atom is -0.489 e. The lowest BCUT2D eigenvalue weighted by molar-refractivity contribution is 0.0908. The van der Waals surface area contributed by atoms with E-state index in [1.165, 1.54) is 16.7 Å². The van der Waals surface area contributed by atoms with Crippen LogP contribution in [-0.4, -0.2) is 54.0 Å². The number of rotatable bonds is 8. The zero-order valence-electron chi connectivity index (χ0n) is 24.7. The van der Waals surface area contributed by atoms with Crippen molar-refractivity contribution < 1.29 is 9.53 Å². The second-order valence-corrected chi connectivity index (χ2v) is 13.1. The molecule has 6 heteroatoms. The number of benzene rings is 3. The van der Waals surface area contributed by atoms with Crippen molar-refractivity contribution in [3.63, 3.8) is 0 Å². The number of halogens is 1. The van der Waals surface area contributed by atoms with E-state index in [0.717, 1.165) is 65.0 Å². The van der Waals surface area contributed by atoms with Crippen LogP contribution in [0.2, 0.25) is 5.02 Å². The van der Waals surface area contributed by atoms with Gasteiger partial charge in [0, 0.05) is 50.9 Å². The molecule has 2 heterocycles. The Kier molecular flexibility index (Phi) is 9.69. The maximum atomic E-state index is 13.0. The van der Waals surface area contributed by atoms with Gasteiger partial charge in [-0.15, -0.1) is 0 Å². The number of nitrogens with one attached hydrogen (secondary N) is 1. The molecule has 0 atom stereocenters. The van der Waals surface area contributed by atoms with Crippen molar-refractivity contribution >= 4 is 17.5 Å². The highest BCUT2D eigenvalue weighted by molar-refractivity contribution is 6.32. The Morgan fingerprint density at radius 3 is 2.00 bits per heavy atom. The van der Waals surface area contributed by atoms with Crippen LogP contribution in [0.4, 0.5) is 0 Å². The quantitative estimate of drug-likeness (QED) is 0.313. The van der Waals surface area contributed by atoms with E-state index >= 15 is 0 Å². The van der Waals surface area contributed by atoms with Gasteiger partial charge >= 0.3 is 0 Å². The average Bonchev–Trinajstić information content (AvgIpc) is 2.96. The van der Waals surface area contributed by atoms with Crippen LogP contribution >= 0.6 is 11.6 Å². The van der Waals surface area contributed by atoms with Crippen molar-refractivity contribution in [1.82, 2.24) is 15.1 Å². The van der Waals surface area contributed by atoms with Crippen molar-refractivity contribution in [1.29, 1.82) is 0 Å². The first-order chi connectivity index (χ1) is 19.7. The molecular formula is C35H44ClN3O2. The molecule has 41 heavy (non-hydrogen) atoms. The zero-order chi connectivity index (χ0) is 28.8. The van der Waals surface area contributed by atoms with E-state index in [9.17, 15) is 4.79 Å². The van der Waals surface area contributed by atoms with Gasteiger partial charge in [0.2, 0.25) is 0 Å². The number of ether oxygens (including phenoxy) is 1. The van der Waals surface area contributed by atoms with Crippen LogP contribution < -0.4 is 10.1 Å². The number of likely N-dealkylation sites (tertiary alicyclic amines) is 2. The van der Waals surface area contributed by atoms with Crippen LogP contribution in [0.25, 0.3) is 0 Å². The fourth-order valence-electron chi connectivity index (χ4n) is 5.82. The summed E-state index contributed by atoms with van der Waals surface area (Å²) in [5.74, 6) is 0.595. The van der Waals surface area contributed by atoms with Crippen LogP contribution in [0.15, 0.2) is 72.8 Å². The lowest BCUT2D eigenvalue weighted by Gasteiger charge is -2.32. The van der Waals surface area contributed by atoms with Crippen LogP contribution in [0.3, 0.4) is 0 Å². The van der Waals surface area contributed by atoms with E-state index in [4.69, 9.17) is 16.3 Å². The molecule has 0 aromatic heterocycles. The minimum atomic E-state index is -0.0659. The Bertz CT molecular complexity index is 1270. The second kappa shape index (κ2) is 13.4. The number of piperidine rings is 2. The fourth-order valence-corrected chi connectivity index (χ4v) is 6.04. The van der Waals surface area contributed by atoms with Crippen molar-refractivity contribution in [2.45, 2.75) is 77.1 Å². The van der Waals surface area contributed by atoms with Gasteiger partial charge in [-0.2, -0.15) is 0 Å². The lowest BCUT2D eigenvalue weighted by atomic mass is 9.86. The Morgan fingerprint density at radius 1 is 0.829 bits per heavy atom. The molecular weight excluding hydrogens is 530 g/mol. The first kappa shape index (κ1) is 29.6. The topological polar surface area (TPSA) is 44.8 Å². The maximum Gasteiger partial charge on any atom is 0.251 e. The van der Waals surface area contributed by atoms with Gasteiger partial charge in [0.05, 0.1) is 5.02 Å². The molecule has 2 fully saturated rings. The number of hydrogen-bond donors (Lipinski definition) is 1. The molecule has 2 saturated heterocycles. The molecule has 0 spiro atoms. The van der Waals surface area contributed by atoms with Crippen LogP contribution in [0.5, 0.6) is 5.75 Å². The SMILES string of the molecule is CC(C)(C)c1ccc(CN2CCC(Oc3ccc(C(=O)NC4CCN(Cc5ccccc5)CC4)cc3Cl)CC2)cc1. The van der Waals surface area contributed by atoms with Crippen molar-refractivity contribution in [3.8, 4) is 5.75 Å². The predicted octanol–water partition coefficient (Wildman–Crippen LogP) is 7.08. The highest BCUT2D eigenvalue weighted by atomic mass is 35.5. The highest BCUT2D eigenvalue weighted by Crippen LogP contribution is 2.29. The summed E-state index contributed by atoms with van der Waals surface area (Å²) in [5.41, 5.74) is 4.82. The largest absolute Gasteiger partial charge is 0.489 e. The van der Waals surface area contributed by atoms with E-state index in [2.05, 4.69) is 90.5 Å². The minimum absolute atomic E-state index is 0.0659. The third-order valence-corrected chi connectivity index (χ3v) is 8.72. The summed E-state index contributed by atoms with van der Waals surface area (Å²) in [7, 11) is 0. The van der Waals surface area contributed by atoms with Gasteiger partial charge in [-0.3, -0.25) is 14.6 Å². The van der Waals surface area contributed by atoms with Crippen molar-refractivity contribution in [3.05, 3.63) is 100 Å². The molecule has 2 aliphatic heterocycles. The molecule has 1 amide bonds. The van der Waals surface area contributed by atoms with Crippen molar-refractivity contribution in [2.75, 3.05) is 26.2 Å². The third-order valence-electron chi connectivity index (χ3n) is 8.42. The molecule has 218 valence electrons. The number of amides is 1. The van der Waals surface area contributed by atoms with E-state index in [1.54, 1.807) is 6.07 Å². The fraction of sp³-hybridized carbons (Fsp3) is 0.457. The molecule has 0 saturated carbocycles. The standard InChI is InChI=1S/C35H44ClN3O2/c1-35(2,3)29-12-9-27(10-13-29)25-39-21-17-31(18-22-39)41-33-14-11-28(23-32(33)36)34(40)37-30-15-19-38(20-16-30)24-26-7-5-4-6-8-26/h4-14,23,30-31H,15-22,24-25H2,1-3H3,(H,37,40). The Hall–Kier alpha value is -2.86. The van der Waals surface area contributed by atoms with E-state index in [1.807, 2.05) is 12.1 Å². The van der Waals surface area contributed by atoms with E-state index in [0.29, 0.717) is 16.3 Å². The van der Waals surface area contributed by atoms with E-state index in [-0.39, 0.29) is 23.5 Å². The maximum absolute atomic E-state index is 13.0. The number of carbonyl (C=O) groups excluding carboxylic acids is 1. The second-order valence-electron chi connectivity index (χ2n) is 12.7. The first-order valence-electron chi connectivity index (χ1n) is 15.1. The van der Waals surface area contributed by atoms with E-state index < -0.39 is 0 Å². The van der Waals surface area contributed by atoms with Gasteiger partial charge in [0.25, 0.3) is 5.91 Å². The molecule has 5 nitrogen and oxygen atoms in total. The Morgan fingerprint density at radius 2 is 1.41 bits per heavy atom. The predicted molar refractivity (Wildman–Crippen MR) is 168 cm³/mol. The zero-order valence-corrected chi connectivity index (χ0v) is 25.5. The van der Waals surface area contributed by atoms with Crippen LogP contribution in [-0.2, 0) is 18.5 Å². The average molecular weight is 574 g/mol. The van der Waals surface area contributed by atoms with Crippen molar-refractivity contribution in [2.24, 2.45) is 0 Å². The molecule has 2 aliphatic rings. The smallest absolute Gasteiger partial charge is 0.251 e. The molecule has 3 aromatic rings. The molecule has 1 N–H and O–H groups in total. The molecule has 5 rings (SSSR count). The summed E-state index contributed by atoms with van der Waals surface area (Å²) >= 11 is 6.59. The molecule has 0 radical (unpaired) electrons. The summed E-state index contributed by atoms with van der Waals surface area (Å²) in [6.45, 7) is 12.6. The molecule has 0 unspecified atom stereocenters. The number of nitrogens with zero attached hydrogens (tertiary/aromatic N) is 2. The molecule has 0 bridgehead atoms. The van der Waals surface area contributed by atoms with Crippen LogP contribution in [0.1, 0.15) is 73.5 Å². The Balaban J connectivity index is 1.05. The van der Waals surface area contributed by atoms with Gasteiger partial charge in [0.15, 0.2) is 0 Å². The normalized spacial score (nSPS) is 17.9. The summed E-state index contributed by atoms with van der Waals surface area (Å²) in [6, 6.07) is 25.2. The number of hydrogen-bond acceptors (Lipinski definition) is 4. The lowest BCUT2D eigenvalue weighted by Crippen LogP contribution is -2.44. The molecule has 0 aliphatic carbocycles. The summed E-state index contributed by atoms with van der Waals surface area (Å²) in [4.78, 5) is 17.9. The summed E-state index contributed by atoms with van der Waals surface area (Å²) in [6.07, 6.45) is 3.96. The highest BCUT2D eigenvalue weighted by Gasteiger charge is 2.24. The Labute approximate surface area is 250 Å². The van der Waals surface area contributed by atoms with Gasteiger partial charge < -0.3 is 10.1 Å². The number of carbonyl (C=O) groups is 1. The first-order valence-corrected chi connectivity index (χ1v) is 15.5. The van der Waals surface area contributed by atoms with Crippen LogP contribution in [0, 0.1) is 0 Å². The summed E-state index contributed by atoms with van der Waals surface area (Å²) < 4.78 is 6.29. The summed E-state index contributed by atoms with van der Waals surface area (Å²) in [5, 5.41) is 3.71. The molecule has 3 aromatic carbocycles. The third kappa shape index (κ3) is 8.34.